The Balaban J connectivity index is 1.75. The van der Waals surface area contributed by atoms with Gasteiger partial charge in [-0.05, 0) is 55.3 Å². The van der Waals surface area contributed by atoms with Crippen molar-refractivity contribution in [1.29, 1.82) is 0 Å². The van der Waals surface area contributed by atoms with Gasteiger partial charge in [0.1, 0.15) is 5.82 Å². The number of hydrogen-bond donors (Lipinski definition) is 1. The maximum Gasteiger partial charge on any atom is 0.352 e. The SMILES string of the molecule is CC(C)NC(=O)c1ccc2c(=O)n(Cc3ccccc3)c3nn(Cc4ccc(F)cc4)c(=O)n3c2c1. The van der Waals surface area contributed by atoms with E-state index in [2.05, 4.69) is 10.4 Å². The molecule has 5 rings (SSSR count). The predicted octanol–water partition coefficient (Wildman–Crippen LogP) is 3.18. The monoisotopic (exact) mass is 485 g/mol. The fourth-order valence-electron chi connectivity index (χ4n) is 4.18. The van der Waals surface area contributed by atoms with E-state index < -0.39 is 5.69 Å². The van der Waals surface area contributed by atoms with Gasteiger partial charge >= 0.3 is 5.69 Å². The molecule has 1 N–H and O–H groups in total. The summed E-state index contributed by atoms with van der Waals surface area (Å²) in [5.41, 5.74) is 1.38. The first-order chi connectivity index (χ1) is 17.3. The van der Waals surface area contributed by atoms with E-state index in [1.165, 1.54) is 25.8 Å². The van der Waals surface area contributed by atoms with Crippen molar-refractivity contribution in [3.8, 4) is 0 Å². The van der Waals surface area contributed by atoms with E-state index >= 15 is 0 Å². The lowest BCUT2D eigenvalue weighted by atomic mass is 10.1. The van der Waals surface area contributed by atoms with Gasteiger partial charge in [0.2, 0.25) is 5.78 Å². The molecular weight excluding hydrogens is 461 g/mol. The molecule has 0 aliphatic rings. The number of amides is 1. The normalized spacial score (nSPS) is 11.4. The second kappa shape index (κ2) is 9.26. The molecule has 8 nitrogen and oxygen atoms in total. The van der Waals surface area contributed by atoms with Gasteiger partial charge in [0.05, 0.1) is 24.0 Å². The Labute approximate surface area is 205 Å². The summed E-state index contributed by atoms with van der Waals surface area (Å²) < 4.78 is 17.4. The summed E-state index contributed by atoms with van der Waals surface area (Å²) in [5, 5.41) is 7.62. The van der Waals surface area contributed by atoms with Crippen LogP contribution in [-0.4, -0.2) is 30.7 Å². The lowest BCUT2D eigenvalue weighted by Gasteiger charge is -2.12. The maximum atomic E-state index is 13.6. The first-order valence-electron chi connectivity index (χ1n) is 11.6. The maximum absolute atomic E-state index is 13.6. The fourth-order valence-corrected chi connectivity index (χ4v) is 4.18. The number of halogens is 1. The van der Waals surface area contributed by atoms with Crippen LogP contribution in [0.4, 0.5) is 4.39 Å². The Morgan fingerprint density at radius 2 is 1.64 bits per heavy atom. The fraction of sp³-hybridized carbons (Fsp3) is 0.185. The van der Waals surface area contributed by atoms with E-state index in [9.17, 15) is 18.8 Å². The van der Waals surface area contributed by atoms with Crippen LogP contribution in [0.15, 0.2) is 82.4 Å². The zero-order valence-electron chi connectivity index (χ0n) is 19.8. The Bertz CT molecular complexity index is 1700. The molecule has 2 aromatic heterocycles. The molecule has 0 spiro atoms. The minimum absolute atomic E-state index is 0.0757. The topological polar surface area (TPSA) is 90.4 Å². The van der Waals surface area contributed by atoms with Crippen molar-refractivity contribution in [2.45, 2.75) is 33.0 Å². The zero-order valence-corrected chi connectivity index (χ0v) is 19.8. The number of hydrogen-bond acceptors (Lipinski definition) is 4. The van der Waals surface area contributed by atoms with Crippen molar-refractivity contribution >= 4 is 22.6 Å². The van der Waals surface area contributed by atoms with Crippen LogP contribution >= 0.6 is 0 Å². The van der Waals surface area contributed by atoms with Gasteiger partial charge in [-0.25, -0.2) is 18.3 Å². The van der Waals surface area contributed by atoms with Gasteiger partial charge in [0.15, 0.2) is 0 Å². The summed E-state index contributed by atoms with van der Waals surface area (Å²) in [7, 11) is 0. The second-order valence-electron chi connectivity index (χ2n) is 8.94. The van der Waals surface area contributed by atoms with Crippen molar-refractivity contribution < 1.29 is 9.18 Å². The highest BCUT2D eigenvalue weighted by atomic mass is 19.1. The first-order valence-corrected chi connectivity index (χ1v) is 11.6. The Kier molecular flexibility index (Phi) is 5.97. The van der Waals surface area contributed by atoms with Gasteiger partial charge in [0, 0.05) is 11.6 Å². The highest BCUT2D eigenvalue weighted by Gasteiger charge is 2.19. The van der Waals surface area contributed by atoms with Crippen LogP contribution in [-0.2, 0) is 13.1 Å². The third kappa shape index (κ3) is 4.31. The summed E-state index contributed by atoms with van der Waals surface area (Å²) >= 11 is 0. The number of rotatable bonds is 6. The molecule has 0 bridgehead atoms. The van der Waals surface area contributed by atoms with Crippen LogP contribution in [0.3, 0.4) is 0 Å². The number of nitrogens with zero attached hydrogens (tertiary/aromatic N) is 4. The number of nitrogens with one attached hydrogen (secondary N) is 1. The summed E-state index contributed by atoms with van der Waals surface area (Å²) in [5.74, 6) is -0.527. The minimum Gasteiger partial charge on any atom is -0.350 e. The summed E-state index contributed by atoms with van der Waals surface area (Å²) in [4.78, 5) is 39.8. The van der Waals surface area contributed by atoms with Crippen LogP contribution in [0.2, 0.25) is 0 Å². The molecular formula is C27H24FN5O3. The average molecular weight is 486 g/mol. The van der Waals surface area contributed by atoms with E-state index in [0.29, 0.717) is 22.0 Å². The molecule has 182 valence electrons. The quantitative estimate of drug-likeness (QED) is 0.400. The second-order valence-corrected chi connectivity index (χ2v) is 8.94. The highest BCUT2D eigenvalue weighted by Crippen LogP contribution is 2.16. The van der Waals surface area contributed by atoms with E-state index in [4.69, 9.17) is 0 Å². The van der Waals surface area contributed by atoms with Gasteiger partial charge in [-0.1, -0.05) is 42.5 Å². The molecule has 0 unspecified atom stereocenters. The Morgan fingerprint density at radius 1 is 0.944 bits per heavy atom. The molecule has 5 aromatic rings. The Morgan fingerprint density at radius 3 is 2.33 bits per heavy atom. The number of benzene rings is 3. The molecule has 0 saturated carbocycles. The van der Waals surface area contributed by atoms with Gasteiger partial charge in [-0.2, -0.15) is 0 Å². The van der Waals surface area contributed by atoms with Crippen LogP contribution < -0.4 is 16.6 Å². The van der Waals surface area contributed by atoms with Gasteiger partial charge < -0.3 is 5.32 Å². The van der Waals surface area contributed by atoms with E-state index in [0.717, 1.165) is 5.56 Å². The minimum atomic E-state index is -0.470. The van der Waals surface area contributed by atoms with Crippen LogP contribution in [0, 0.1) is 5.82 Å². The van der Waals surface area contributed by atoms with Gasteiger partial charge in [-0.3, -0.25) is 14.2 Å². The van der Waals surface area contributed by atoms with Crippen molar-refractivity contribution in [2.75, 3.05) is 0 Å². The van der Waals surface area contributed by atoms with Crippen molar-refractivity contribution in [2.24, 2.45) is 0 Å². The molecule has 9 heteroatoms. The largest absolute Gasteiger partial charge is 0.352 e. The summed E-state index contributed by atoms with van der Waals surface area (Å²) in [6.45, 7) is 4.00. The molecule has 0 radical (unpaired) electrons. The third-order valence-corrected chi connectivity index (χ3v) is 5.89. The molecule has 3 aromatic carbocycles. The van der Waals surface area contributed by atoms with E-state index in [1.807, 2.05) is 44.2 Å². The lowest BCUT2D eigenvalue weighted by molar-refractivity contribution is 0.0943. The molecule has 36 heavy (non-hydrogen) atoms. The average Bonchev–Trinajstić information content (AvgIpc) is 3.18. The molecule has 2 heterocycles. The molecule has 1 amide bonds. The third-order valence-electron chi connectivity index (χ3n) is 5.89. The number of fused-ring (bicyclic) bond motifs is 3. The molecule has 0 aliphatic heterocycles. The van der Waals surface area contributed by atoms with Crippen molar-refractivity contribution in [3.05, 3.63) is 116 Å². The van der Waals surface area contributed by atoms with Crippen LogP contribution in [0.25, 0.3) is 16.7 Å². The highest BCUT2D eigenvalue weighted by molar-refractivity contribution is 5.98. The number of aromatic nitrogens is 4. The zero-order chi connectivity index (χ0) is 25.4. The summed E-state index contributed by atoms with van der Waals surface area (Å²) in [6.07, 6.45) is 0. The van der Waals surface area contributed by atoms with Crippen molar-refractivity contribution in [1.82, 2.24) is 24.1 Å². The number of carbonyl (C=O) groups excluding carboxylic acids is 1. The number of carbonyl (C=O) groups is 1. The molecule has 0 saturated heterocycles. The van der Waals surface area contributed by atoms with Crippen LogP contribution in [0.1, 0.15) is 35.3 Å². The molecule has 0 atom stereocenters. The smallest absolute Gasteiger partial charge is 0.350 e. The predicted molar refractivity (Wildman–Crippen MR) is 135 cm³/mol. The standard InChI is InChI=1S/C27H24FN5O3/c1-17(2)29-24(34)20-10-13-22-23(14-20)33-26(31(25(22)35)15-18-6-4-3-5-7-18)30-32(27(33)36)16-19-8-11-21(28)12-9-19/h3-14,17H,15-16H2,1-2H3,(H,29,34). The van der Waals surface area contributed by atoms with Crippen molar-refractivity contribution in [3.63, 3.8) is 0 Å². The van der Waals surface area contributed by atoms with E-state index in [-0.39, 0.29) is 42.2 Å². The van der Waals surface area contributed by atoms with Gasteiger partial charge in [-0.15, -0.1) is 5.10 Å². The molecule has 0 aliphatic carbocycles. The van der Waals surface area contributed by atoms with Gasteiger partial charge in [0.25, 0.3) is 11.5 Å². The Hall–Kier alpha value is -4.53. The summed E-state index contributed by atoms with van der Waals surface area (Å²) in [6, 6.07) is 19.8. The first kappa shape index (κ1) is 23.2. The molecule has 0 fully saturated rings. The van der Waals surface area contributed by atoms with E-state index in [1.54, 1.807) is 30.3 Å². The lowest BCUT2D eigenvalue weighted by Crippen LogP contribution is -2.30. The van der Waals surface area contributed by atoms with Crippen LogP contribution in [0.5, 0.6) is 0 Å².